The number of alkyl halides is 5. The van der Waals surface area contributed by atoms with Gasteiger partial charge in [-0.15, -0.1) is 23.2 Å². The second-order valence-electron chi connectivity index (χ2n) is 6.24. The van der Waals surface area contributed by atoms with Gasteiger partial charge in [-0.05, 0) is 17.7 Å². The summed E-state index contributed by atoms with van der Waals surface area (Å²) in [6, 6.07) is 4.57. The lowest BCUT2D eigenvalue weighted by molar-refractivity contribution is -0.139. The van der Waals surface area contributed by atoms with E-state index >= 15 is 0 Å². The van der Waals surface area contributed by atoms with Crippen LogP contribution in [0.25, 0.3) is 0 Å². The molecule has 0 radical (unpaired) electrons. The van der Waals surface area contributed by atoms with E-state index in [9.17, 15) is 18.0 Å². The maximum absolute atomic E-state index is 12.9. The van der Waals surface area contributed by atoms with Crippen LogP contribution >= 0.6 is 58.2 Å². The highest BCUT2D eigenvalue weighted by Crippen LogP contribution is 2.66. The minimum absolute atomic E-state index is 0.0391. The summed E-state index contributed by atoms with van der Waals surface area (Å²) in [5, 5.41) is 7.30. The number of benzene rings is 1. The summed E-state index contributed by atoms with van der Waals surface area (Å²) < 4.78 is 36.5. The SMILES string of the molecule is CN1N=C(NC(=O)[C@]2(c3ccc(Cl)cc3Cl)CC2(Cl)Cl)SC1CC(F)(F)F. The molecule has 1 aromatic rings. The molecule has 0 spiro atoms. The molecule has 1 aliphatic heterocycles. The minimum atomic E-state index is -4.35. The van der Waals surface area contributed by atoms with Crippen LogP contribution in [0.4, 0.5) is 13.2 Å². The van der Waals surface area contributed by atoms with Crippen molar-refractivity contribution in [2.24, 2.45) is 5.10 Å². The molecule has 0 aromatic heterocycles. The molecule has 1 amide bonds. The first kappa shape index (κ1) is 21.2. The predicted molar refractivity (Wildman–Crippen MR) is 103 cm³/mol. The summed E-state index contributed by atoms with van der Waals surface area (Å²) in [6.45, 7) is 0. The number of hydrogen-bond donors (Lipinski definition) is 1. The van der Waals surface area contributed by atoms with Crippen molar-refractivity contribution in [1.82, 2.24) is 10.3 Å². The van der Waals surface area contributed by atoms with E-state index in [0.717, 1.165) is 16.8 Å². The Morgan fingerprint density at radius 1 is 1.41 bits per heavy atom. The van der Waals surface area contributed by atoms with Gasteiger partial charge in [0.25, 0.3) is 0 Å². The Kier molecular flexibility index (Phi) is 5.53. The van der Waals surface area contributed by atoms with Crippen molar-refractivity contribution in [1.29, 1.82) is 0 Å². The molecule has 2 atom stereocenters. The Bertz CT molecular complexity index is 820. The maximum atomic E-state index is 12.9. The first-order valence-corrected chi connectivity index (χ1v) is 9.94. The highest BCUT2D eigenvalue weighted by atomic mass is 35.5. The summed E-state index contributed by atoms with van der Waals surface area (Å²) in [5.74, 6) is -0.593. The minimum Gasteiger partial charge on any atom is -0.303 e. The standard InChI is InChI=1S/C15H12Cl4F3N3OS/c1-25-10(5-15(20,21)22)27-12(24-25)23-11(26)13(6-14(13,18)19)8-3-2-7(16)4-9(8)17/h2-4,10H,5-6H2,1H3,(H,23,24,26)/t10?,13-/m1/s1. The van der Waals surface area contributed by atoms with Crippen LogP contribution in [0.15, 0.2) is 23.3 Å². The van der Waals surface area contributed by atoms with Gasteiger partial charge in [-0.2, -0.15) is 18.3 Å². The highest BCUT2D eigenvalue weighted by molar-refractivity contribution is 8.14. The van der Waals surface area contributed by atoms with E-state index in [4.69, 9.17) is 46.4 Å². The van der Waals surface area contributed by atoms with Crippen LogP contribution < -0.4 is 5.32 Å². The average Bonchev–Trinajstić information content (AvgIpc) is 2.93. The lowest BCUT2D eigenvalue weighted by Crippen LogP contribution is -2.40. The Morgan fingerprint density at radius 2 is 2.04 bits per heavy atom. The number of carbonyl (C=O) groups excluding carboxylic acids is 1. The number of carbonyl (C=O) groups is 1. The van der Waals surface area contributed by atoms with Gasteiger partial charge in [-0.1, -0.05) is 41.0 Å². The number of nitrogens with one attached hydrogen (secondary N) is 1. The van der Waals surface area contributed by atoms with Crippen molar-refractivity contribution in [3.05, 3.63) is 33.8 Å². The fourth-order valence-electron chi connectivity index (χ4n) is 2.85. The zero-order valence-corrected chi connectivity index (χ0v) is 17.4. The molecule has 1 saturated carbocycles. The van der Waals surface area contributed by atoms with Gasteiger partial charge in [0.2, 0.25) is 5.91 Å². The van der Waals surface area contributed by atoms with Crippen molar-refractivity contribution in [3.63, 3.8) is 0 Å². The normalized spacial score (nSPS) is 26.7. The zero-order chi connectivity index (χ0) is 20.2. The molecule has 27 heavy (non-hydrogen) atoms. The molecule has 0 saturated heterocycles. The van der Waals surface area contributed by atoms with Crippen LogP contribution in [0.2, 0.25) is 10.0 Å². The number of halogens is 7. The van der Waals surface area contributed by atoms with Crippen molar-refractivity contribution in [3.8, 4) is 0 Å². The van der Waals surface area contributed by atoms with Crippen molar-refractivity contribution in [2.75, 3.05) is 7.05 Å². The quantitative estimate of drug-likeness (QED) is 0.608. The zero-order valence-electron chi connectivity index (χ0n) is 13.6. The number of nitrogens with zero attached hydrogens (tertiary/aromatic N) is 2. The summed E-state index contributed by atoms with van der Waals surface area (Å²) >= 11 is 25.4. The Hall–Kier alpha value is -0.540. The summed E-state index contributed by atoms with van der Waals surface area (Å²) in [7, 11) is 1.40. The summed E-state index contributed by atoms with van der Waals surface area (Å²) in [5.41, 5.74) is -0.957. The second-order valence-corrected chi connectivity index (χ2v) is 9.73. The number of rotatable bonds is 3. The molecular weight excluding hydrogens is 469 g/mol. The number of thioether (sulfide) groups is 1. The summed E-state index contributed by atoms with van der Waals surface area (Å²) in [4.78, 5) is 12.9. The lowest BCUT2D eigenvalue weighted by Gasteiger charge is -2.20. The van der Waals surface area contributed by atoms with Gasteiger partial charge in [-0.25, -0.2) is 0 Å². The smallest absolute Gasteiger partial charge is 0.303 e. The fourth-order valence-corrected chi connectivity index (χ4v) is 5.25. The number of hydrazone groups is 1. The summed E-state index contributed by atoms with van der Waals surface area (Å²) in [6.07, 6.45) is -5.33. The van der Waals surface area contributed by atoms with Gasteiger partial charge in [0, 0.05) is 23.5 Å². The van der Waals surface area contributed by atoms with E-state index in [2.05, 4.69) is 10.4 Å². The molecule has 4 nitrogen and oxygen atoms in total. The van der Waals surface area contributed by atoms with E-state index in [1.165, 1.54) is 13.1 Å². The van der Waals surface area contributed by atoms with Crippen LogP contribution in [-0.4, -0.2) is 39.0 Å². The van der Waals surface area contributed by atoms with Gasteiger partial charge in [0.15, 0.2) is 5.17 Å². The Morgan fingerprint density at radius 3 is 2.56 bits per heavy atom. The first-order chi connectivity index (χ1) is 12.4. The molecule has 1 aromatic carbocycles. The predicted octanol–water partition coefficient (Wildman–Crippen LogP) is 5.15. The monoisotopic (exact) mass is 479 g/mol. The lowest BCUT2D eigenvalue weighted by atomic mass is 9.94. The van der Waals surface area contributed by atoms with Gasteiger partial charge >= 0.3 is 6.18 Å². The van der Waals surface area contributed by atoms with Crippen LogP contribution in [0, 0.1) is 0 Å². The third-order valence-electron chi connectivity index (χ3n) is 4.30. The molecule has 1 heterocycles. The molecule has 148 valence electrons. The number of amidine groups is 1. The molecule has 1 fully saturated rings. The Balaban J connectivity index is 1.79. The van der Waals surface area contributed by atoms with E-state index in [1.807, 2.05) is 0 Å². The van der Waals surface area contributed by atoms with E-state index < -0.39 is 33.6 Å². The highest BCUT2D eigenvalue weighted by Gasteiger charge is 2.73. The molecule has 3 rings (SSSR count). The number of amides is 1. The molecule has 0 bridgehead atoms. The van der Waals surface area contributed by atoms with Crippen molar-refractivity contribution < 1.29 is 18.0 Å². The van der Waals surface area contributed by atoms with Gasteiger partial charge in [0.05, 0.1) is 6.42 Å². The van der Waals surface area contributed by atoms with Crippen LogP contribution in [-0.2, 0) is 10.2 Å². The van der Waals surface area contributed by atoms with Gasteiger partial charge in [-0.3, -0.25) is 9.80 Å². The largest absolute Gasteiger partial charge is 0.391 e. The molecule has 1 aliphatic carbocycles. The number of hydrogen-bond acceptors (Lipinski definition) is 4. The first-order valence-electron chi connectivity index (χ1n) is 7.55. The second kappa shape index (κ2) is 7.06. The van der Waals surface area contributed by atoms with Crippen LogP contribution in [0.3, 0.4) is 0 Å². The molecule has 2 aliphatic rings. The Labute approximate surface area is 177 Å². The molecule has 1 unspecified atom stereocenters. The third kappa shape index (κ3) is 4.10. The van der Waals surface area contributed by atoms with Gasteiger partial charge in [0.1, 0.15) is 15.1 Å². The fraction of sp³-hybridized carbons (Fsp3) is 0.467. The van der Waals surface area contributed by atoms with Crippen molar-refractivity contribution >= 4 is 69.2 Å². The maximum Gasteiger partial charge on any atom is 0.391 e. The van der Waals surface area contributed by atoms with Crippen molar-refractivity contribution in [2.45, 2.75) is 34.1 Å². The third-order valence-corrected chi connectivity index (χ3v) is 6.92. The van der Waals surface area contributed by atoms with Crippen LogP contribution in [0.5, 0.6) is 0 Å². The molecular formula is C15H12Cl4F3N3OS. The van der Waals surface area contributed by atoms with E-state index in [0.29, 0.717) is 10.6 Å². The van der Waals surface area contributed by atoms with E-state index in [-0.39, 0.29) is 16.6 Å². The van der Waals surface area contributed by atoms with Crippen LogP contribution in [0.1, 0.15) is 18.4 Å². The van der Waals surface area contributed by atoms with E-state index in [1.54, 1.807) is 12.1 Å². The topological polar surface area (TPSA) is 44.7 Å². The average molecular weight is 481 g/mol. The molecule has 12 heteroatoms. The molecule has 1 N–H and O–H groups in total. The van der Waals surface area contributed by atoms with Gasteiger partial charge < -0.3 is 5.32 Å².